The zero-order valence-corrected chi connectivity index (χ0v) is 9.46. The fraction of sp³-hybridized carbons (Fsp3) is 0.750. The second-order valence-electron chi connectivity index (χ2n) is 2.62. The molecule has 1 aromatic heterocycles. The molecule has 0 unspecified atom stereocenters. The highest BCUT2D eigenvalue weighted by atomic mass is 32.2. The molecule has 0 aromatic carbocycles. The third kappa shape index (κ3) is 5.23. The van der Waals surface area contributed by atoms with Crippen LogP contribution in [0.1, 0.15) is 19.8 Å². The molecular formula is C8H15N3S2. The molecular weight excluding hydrogens is 202 g/mol. The molecule has 1 heterocycles. The van der Waals surface area contributed by atoms with Crippen molar-refractivity contribution in [3.8, 4) is 0 Å². The number of thioether (sulfide) groups is 1. The van der Waals surface area contributed by atoms with Crippen LogP contribution in [0.25, 0.3) is 0 Å². The quantitative estimate of drug-likeness (QED) is 0.560. The van der Waals surface area contributed by atoms with Gasteiger partial charge in [-0.2, -0.15) is 4.37 Å². The van der Waals surface area contributed by atoms with Crippen LogP contribution in [-0.4, -0.2) is 28.2 Å². The summed E-state index contributed by atoms with van der Waals surface area (Å²) in [4.78, 5) is 4.10. The third-order valence-corrected chi connectivity index (χ3v) is 3.45. The van der Waals surface area contributed by atoms with Gasteiger partial charge in [0.1, 0.15) is 6.33 Å². The van der Waals surface area contributed by atoms with Gasteiger partial charge in [-0.15, -0.1) is 0 Å². The van der Waals surface area contributed by atoms with Crippen molar-refractivity contribution in [3.63, 3.8) is 0 Å². The summed E-state index contributed by atoms with van der Waals surface area (Å²) in [7, 11) is 0. The lowest BCUT2D eigenvalue weighted by Gasteiger charge is -1.99. The lowest BCUT2D eigenvalue weighted by atomic mass is 10.3. The highest BCUT2D eigenvalue weighted by Crippen LogP contribution is 2.19. The average molecular weight is 217 g/mol. The van der Waals surface area contributed by atoms with Crippen molar-refractivity contribution < 1.29 is 0 Å². The van der Waals surface area contributed by atoms with Crippen LogP contribution in [0.5, 0.6) is 0 Å². The molecule has 0 radical (unpaired) electrons. The summed E-state index contributed by atoms with van der Waals surface area (Å²) in [5.74, 6) is 1.15. The zero-order chi connectivity index (χ0) is 9.36. The molecule has 0 saturated heterocycles. The van der Waals surface area contributed by atoms with E-state index < -0.39 is 0 Å². The van der Waals surface area contributed by atoms with Gasteiger partial charge in [0.25, 0.3) is 0 Å². The Labute approximate surface area is 87.5 Å². The van der Waals surface area contributed by atoms with Crippen molar-refractivity contribution >= 4 is 23.3 Å². The monoisotopic (exact) mass is 217 g/mol. The van der Waals surface area contributed by atoms with Crippen LogP contribution in [0, 0.1) is 0 Å². The fourth-order valence-corrected chi connectivity index (χ4v) is 2.43. The maximum absolute atomic E-state index is 4.10. The summed E-state index contributed by atoms with van der Waals surface area (Å²) in [6.45, 7) is 4.34. The molecule has 0 aliphatic carbocycles. The van der Waals surface area contributed by atoms with E-state index >= 15 is 0 Å². The summed E-state index contributed by atoms with van der Waals surface area (Å²) >= 11 is 3.28. The van der Waals surface area contributed by atoms with Crippen LogP contribution in [0.4, 0.5) is 0 Å². The molecule has 1 rings (SSSR count). The van der Waals surface area contributed by atoms with Crippen LogP contribution in [0.2, 0.25) is 0 Å². The van der Waals surface area contributed by atoms with Crippen molar-refractivity contribution in [1.82, 2.24) is 14.7 Å². The number of nitrogens with zero attached hydrogens (tertiary/aromatic N) is 2. The van der Waals surface area contributed by atoms with Crippen LogP contribution in [-0.2, 0) is 0 Å². The molecule has 5 heteroatoms. The maximum Gasteiger partial charge on any atom is 0.169 e. The second-order valence-corrected chi connectivity index (χ2v) is 4.74. The smallest absolute Gasteiger partial charge is 0.169 e. The second kappa shape index (κ2) is 7.29. The molecule has 0 amide bonds. The summed E-state index contributed by atoms with van der Waals surface area (Å²) in [5, 5.41) is 3.31. The van der Waals surface area contributed by atoms with Gasteiger partial charge >= 0.3 is 0 Å². The third-order valence-electron chi connectivity index (χ3n) is 1.56. The Morgan fingerprint density at radius 2 is 2.46 bits per heavy atom. The van der Waals surface area contributed by atoms with Gasteiger partial charge in [-0.05, 0) is 37.5 Å². The highest BCUT2D eigenvalue weighted by Gasteiger charge is 1.96. The Kier molecular flexibility index (Phi) is 6.14. The largest absolute Gasteiger partial charge is 0.317 e. The van der Waals surface area contributed by atoms with E-state index in [0.29, 0.717) is 0 Å². The predicted molar refractivity (Wildman–Crippen MR) is 58.4 cm³/mol. The Bertz CT molecular complexity index is 201. The van der Waals surface area contributed by atoms with Gasteiger partial charge in [-0.1, -0.05) is 18.7 Å². The molecule has 0 aliphatic rings. The molecule has 3 nitrogen and oxygen atoms in total. The molecule has 0 atom stereocenters. The van der Waals surface area contributed by atoms with Gasteiger partial charge in [0.05, 0.1) is 0 Å². The fourth-order valence-electron chi connectivity index (χ4n) is 0.915. The summed E-state index contributed by atoms with van der Waals surface area (Å²) in [5.41, 5.74) is 0. The molecule has 1 N–H and O–H groups in total. The molecule has 0 spiro atoms. The number of unbranched alkanes of at least 4 members (excludes halogenated alkanes) is 1. The maximum atomic E-state index is 4.10. The van der Waals surface area contributed by atoms with Gasteiger partial charge in [-0.3, -0.25) is 0 Å². The first-order chi connectivity index (χ1) is 6.43. The lowest BCUT2D eigenvalue weighted by molar-refractivity contribution is 0.666. The van der Waals surface area contributed by atoms with Crippen molar-refractivity contribution in [3.05, 3.63) is 6.33 Å². The van der Waals surface area contributed by atoms with Crippen LogP contribution < -0.4 is 5.32 Å². The average Bonchev–Trinajstić information content (AvgIpc) is 2.63. The number of aromatic nitrogens is 2. The SMILES string of the molecule is CCNCCCCSc1ncns1. The summed E-state index contributed by atoms with van der Waals surface area (Å²) in [6.07, 6.45) is 4.11. The first-order valence-corrected chi connectivity index (χ1v) is 6.29. The number of nitrogens with one attached hydrogen (secondary N) is 1. The standard InChI is InChI=1S/C8H15N3S2/c1-2-9-5-3-4-6-12-8-10-7-11-13-8/h7,9H,2-6H2,1H3. The highest BCUT2D eigenvalue weighted by molar-refractivity contribution is 8.00. The van der Waals surface area contributed by atoms with Gasteiger partial charge in [0.2, 0.25) is 0 Å². The van der Waals surface area contributed by atoms with Crippen molar-refractivity contribution in [1.29, 1.82) is 0 Å². The van der Waals surface area contributed by atoms with E-state index in [4.69, 9.17) is 0 Å². The van der Waals surface area contributed by atoms with Crippen LogP contribution in [0.15, 0.2) is 10.7 Å². The van der Waals surface area contributed by atoms with Crippen molar-refractivity contribution in [2.24, 2.45) is 0 Å². The zero-order valence-electron chi connectivity index (χ0n) is 7.82. The van der Waals surface area contributed by atoms with E-state index in [9.17, 15) is 0 Å². The number of rotatable bonds is 7. The predicted octanol–water partition coefficient (Wildman–Crippen LogP) is 2.02. The molecule has 74 valence electrons. The number of hydrogen-bond donors (Lipinski definition) is 1. The van der Waals surface area contributed by atoms with E-state index in [-0.39, 0.29) is 0 Å². The topological polar surface area (TPSA) is 37.8 Å². The number of hydrogen-bond acceptors (Lipinski definition) is 5. The first-order valence-electron chi connectivity index (χ1n) is 4.53. The molecule has 1 aromatic rings. The van der Waals surface area contributed by atoms with Gasteiger partial charge in [0, 0.05) is 5.75 Å². The summed E-state index contributed by atoms with van der Waals surface area (Å²) < 4.78 is 5.03. The van der Waals surface area contributed by atoms with E-state index in [1.165, 1.54) is 24.4 Å². The minimum atomic E-state index is 1.07. The first kappa shape index (κ1) is 10.9. The minimum absolute atomic E-state index is 1.07. The van der Waals surface area contributed by atoms with Gasteiger partial charge in [-0.25, -0.2) is 4.98 Å². The molecule has 0 fully saturated rings. The Morgan fingerprint density at radius 3 is 3.15 bits per heavy atom. The Hall–Kier alpha value is -0.130. The van der Waals surface area contributed by atoms with E-state index in [1.54, 1.807) is 18.1 Å². The minimum Gasteiger partial charge on any atom is -0.317 e. The van der Waals surface area contributed by atoms with Crippen LogP contribution in [0.3, 0.4) is 0 Å². The Balaban J connectivity index is 1.90. The molecule has 0 saturated carbocycles. The Morgan fingerprint density at radius 1 is 1.54 bits per heavy atom. The van der Waals surface area contributed by atoms with Crippen molar-refractivity contribution in [2.75, 3.05) is 18.8 Å². The van der Waals surface area contributed by atoms with Gasteiger partial charge < -0.3 is 5.32 Å². The van der Waals surface area contributed by atoms with Gasteiger partial charge in [0.15, 0.2) is 4.34 Å². The molecule has 0 bridgehead atoms. The van der Waals surface area contributed by atoms with E-state index in [0.717, 1.165) is 23.2 Å². The lowest BCUT2D eigenvalue weighted by Crippen LogP contribution is -2.13. The molecule has 13 heavy (non-hydrogen) atoms. The normalized spacial score (nSPS) is 10.5. The van der Waals surface area contributed by atoms with E-state index in [2.05, 4.69) is 21.6 Å². The van der Waals surface area contributed by atoms with Crippen LogP contribution >= 0.6 is 23.3 Å². The molecule has 0 aliphatic heterocycles. The van der Waals surface area contributed by atoms with E-state index in [1.807, 2.05) is 0 Å². The van der Waals surface area contributed by atoms with Crippen molar-refractivity contribution in [2.45, 2.75) is 24.1 Å². The summed E-state index contributed by atoms with van der Waals surface area (Å²) in [6, 6.07) is 0.